The zero-order valence-corrected chi connectivity index (χ0v) is 19.4. The lowest BCUT2D eigenvalue weighted by Crippen LogP contribution is -2.35. The molecule has 1 saturated heterocycles. The predicted octanol–water partition coefficient (Wildman–Crippen LogP) is 4.37. The maximum absolute atomic E-state index is 13.2. The summed E-state index contributed by atoms with van der Waals surface area (Å²) in [4.78, 5) is -0.160. The van der Waals surface area contributed by atoms with E-state index in [9.17, 15) is 16.8 Å². The first-order valence-electron chi connectivity index (χ1n) is 9.40. The number of halogens is 2. The van der Waals surface area contributed by atoms with Gasteiger partial charge in [-0.3, -0.25) is 4.72 Å². The molecule has 164 valence electrons. The highest BCUT2D eigenvalue weighted by Gasteiger charge is 2.30. The molecule has 1 heterocycles. The predicted molar refractivity (Wildman–Crippen MR) is 117 cm³/mol. The Balaban J connectivity index is 1.98. The molecule has 1 aliphatic heterocycles. The number of anilines is 1. The van der Waals surface area contributed by atoms with Gasteiger partial charge in [0.2, 0.25) is 10.0 Å². The minimum atomic E-state index is -4.01. The summed E-state index contributed by atoms with van der Waals surface area (Å²) >= 11 is 11.8. The molecule has 0 unspecified atom stereocenters. The van der Waals surface area contributed by atoms with Crippen molar-refractivity contribution >= 4 is 48.9 Å². The Morgan fingerprint density at radius 1 is 0.967 bits per heavy atom. The molecule has 2 aromatic rings. The van der Waals surface area contributed by atoms with Crippen LogP contribution in [0.3, 0.4) is 0 Å². The van der Waals surface area contributed by atoms with Gasteiger partial charge in [0, 0.05) is 13.1 Å². The van der Waals surface area contributed by atoms with Gasteiger partial charge >= 0.3 is 0 Å². The summed E-state index contributed by atoms with van der Waals surface area (Å²) in [6.45, 7) is 2.87. The van der Waals surface area contributed by atoms with Gasteiger partial charge < -0.3 is 4.74 Å². The van der Waals surface area contributed by atoms with Crippen molar-refractivity contribution in [2.75, 3.05) is 24.4 Å². The number of rotatable bonds is 7. The monoisotopic (exact) mass is 492 g/mol. The topological polar surface area (TPSA) is 92.8 Å². The quantitative estimate of drug-likeness (QED) is 0.619. The van der Waals surface area contributed by atoms with E-state index < -0.39 is 20.0 Å². The Hall–Kier alpha value is -1.52. The van der Waals surface area contributed by atoms with Crippen molar-refractivity contribution < 1.29 is 21.6 Å². The number of hydrogen-bond donors (Lipinski definition) is 1. The van der Waals surface area contributed by atoms with E-state index in [0.29, 0.717) is 13.1 Å². The van der Waals surface area contributed by atoms with Crippen molar-refractivity contribution in [1.82, 2.24) is 4.31 Å². The van der Waals surface area contributed by atoms with Crippen LogP contribution in [0.25, 0.3) is 0 Å². The summed E-state index contributed by atoms with van der Waals surface area (Å²) in [5.41, 5.74) is 0.0973. The highest BCUT2D eigenvalue weighted by molar-refractivity contribution is 7.92. The average molecular weight is 493 g/mol. The van der Waals surface area contributed by atoms with E-state index in [1.54, 1.807) is 6.92 Å². The summed E-state index contributed by atoms with van der Waals surface area (Å²) in [6.07, 6.45) is 2.55. The molecule has 1 fully saturated rings. The number of hydrogen-bond acceptors (Lipinski definition) is 5. The molecule has 3 rings (SSSR count). The number of ether oxygens (including phenoxy) is 1. The Labute approximate surface area is 187 Å². The molecule has 0 atom stereocenters. The van der Waals surface area contributed by atoms with E-state index in [1.165, 1.54) is 40.7 Å². The molecule has 0 spiro atoms. The SMILES string of the molecule is CCOc1ccc(NS(=O)(=O)c2ccc(Cl)c(Cl)c2)cc1S(=O)(=O)N1CCCCC1. The fourth-order valence-corrected chi connectivity index (χ4v) is 6.26. The average Bonchev–Trinajstić information content (AvgIpc) is 2.71. The third-order valence-corrected chi connectivity index (χ3v) is 8.67. The van der Waals surface area contributed by atoms with Crippen molar-refractivity contribution in [3.63, 3.8) is 0 Å². The van der Waals surface area contributed by atoms with Crippen molar-refractivity contribution in [2.45, 2.75) is 36.0 Å². The number of piperidine rings is 1. The molecule has 0 bridgehead atoms. The zero-order valence-electron chi connectivity index (χ0n) is 16.3. The van der Waals surface area contributed by atoms with Gasteiger partial charge in [-0.2, -0.15) is 4.31 Å². The molecule has 0 amide bonds. The smallest absolute Gasteiger partial charge is 0.261 e. The van der Waals surface area contributed by atoms with Gasteiger partial charge in [0.15, 0.2) is 0 Å². The van der Waals surface area contributed by atoms with Crippen LogP contribution in [0.1, 0.15) is 26.2 Å². The van der Waals surface area contributed by atoms with Crippen LogP contribution in [0.4, 0.5) is 5.69 Å². The third-order valence-electron chi connectivity index (χ3n) is 4.63. The highest BCUT2D eigenvalue weighted by atomic mass is 35.5. The second-order valence-corrected chi connectivity index (χ2v) is 11.1. The number of nitrogens with zero attached hydrogens (tertiary/aromatic N) is 1. The zero-order chi connectivity index (χ0) is 21.9. The summed E-state index contributed by atoms with van der Waals surface area (Å²) in [5.74, 6) is 0.181. The summed E-state index contributed by atoms with van der Waals surface area (Å²) in [5, 5.41) is 0.325. The first-order valence-corrected chi connectivity index (χ1v) is 13.1. The van der Waals surface area contributed by atoms with E-state index in [1.807, 2.05) is 0 Å². The first kappa shape index (κ1) is 23.1. The van der Waals surface area contributed by atoms with Gasteiger partial charge in [-0.1, -0.05) is 29.6 Å². The standard InChI is InChI=1S/C19H22Cl2N2O5S2/c1-2-28-18-9-6-14(12-19(18)30(26,27)23-10-4-3-5-11-23)22-29(24,25)15-7-8-16(20)17(21)13-15/h6-9,12-13,22H,2-5,10-11H2,1H3. The minimum absolute atomic E-state index is 0.0689. The second-order valence-electron chi connectivity index (χ2n) is 6.74. The van der Waals surface area contributed by atoms with E-state index in [0.717, 1.165) is 19.3 Å². The van der Waals surface area contributed by atoms with E-state index in [4.69, 9.17) is 27.9 Å². The molecule has 11 heteroatoms. The van der Waals surface area contributed by atoms with E-state index >= 15 is 0 Å². The molecule has 0 aromatic heterocycles. The molecule has 0 radical (unpaired) electrons. The van der Waals surface area contributed by atoms with Gasteiger partial charge in [0.1, 0.15) is 10.6 Å². The normalized spacial score (nSPS) is 15.7. The second kappa shape index (κ2) is 9.32. The Morgan fingerprint density at radius 2 is 1.67 bits per heavy atom. The van der Waals surface area contributed by atoms with Crippen molar-refractivity contribution in [1.29, 1.82) is 0 Å². The fraction of sp³-hybridized carbons (Fsp3) is 0.368. The van der Waals surface area contributed by atoms with Crippen molar-refractivity contribution in [3.05, 3.63) is 46.4 Å². The largest absolute Gasteiger partial charge is 0.492 e. The molecule has 1 N–H and O–H groups in total. The fourth-order valence-electron chi connectivity index (χ4n) is 3.15. The van der Waals surface area contributed by atoms with Crippen LogP contribution in [0.2, 0.25) is 10.0 Å². The van der Waals surface area contributed by atoms with Crippen LogP contribution in [0, 0.1) is 0 Å². The van der Waals surface area contributed by atoms with Crippen molar-refractivity contribution in [3.8, 4) is 5.75 Å². The van der Waals surface area contributed by atoms with Gasteiger partial charge in [0.25, 0.3) is 10.0 Å². The van der Waals surface area contributed by atoms with Crippen LogP contribution in [0.5, 0.6) is 5.75 Å². The molecular formula is C19H22Cl2N2O5S2. The Morgan fingerprint density at radius 3 is 2.30 bits per heavy atom. The lowest BCUT2D eigenvalue weighted by Gasteiger charge is -2.27. The summed E-state index contributed by atoms with van der Waals surface area (Å²) in [6, 6.07) is 8.11. The maximum Gasteiger partial charge on any atom is 0.261 e. The maximum atomic E-state index is 13.2. The molecule has 7 nitrogen and oxygen atoms in total. The van der Waals surface area contributed by atoms with Crippen LogP contribution in [-0.2, 0) is 20.0 Å². The summed E-state index contributed by atoms with van der Waals surface area (Å²) in [7, 11) is -7.84. The molecule has 2 aromatic carbocycles. The minimum Gasteiger partial charge on any atom is -0.492 e. The third kappa shape index (κ3) is 5.03. The van der Waals surface area contributed by atoms with Crippen LogP contribution < -0.4 is 9.46 Å². The van der Waals surface area contributed by atoms with Gasteiger partial charge in [0.05, 0.1) is 27.2 Å². The summed E-state index contributed by atoms with van der Waals surface area (Å²) < 4.78 is 61.2. The number of nitrogens with one attached hydrogen (secondary N) is 1. The molecule has 0 aliphatic carbocycles. The molecule has 0 saturated carbocycles. The van der Waals surface area contributed by atoms with Crippen LogP contribution >= 0.6 is 23.2 Å². The Bertz CT molecular complexity index is 1130. The van der Waals surface area contributed by atoms with Crippen molar-refractivity contribution in [2.24, 2.45) is 0 Å². The molecule has 1 aliphatic rings. The lowest BCUT2D eigenvalue weighted by molar-refractivity contribution is 0.323. The molecular weight excluding hydrogens is 471 g/mol. The lowest BCUT2D eigenvalue weighted by atomic mass is 10.2. The molecule has 30 heavy (non-hydrogen) atoms. The number of sulfonamides is 2. The number of benzene rings is 2. The van der Waals surface area contributed by atoms with Crippen LogP contribution in [-0.4, -0.2) is 40.8 Å². The van der Waals surface area contributed by atoms with Crippen LogP contribution in [0.15, 0.2) is 46.2 Å². The first-order chi connectivity index (χ1) is 14.1. The van der Waals surface area contributed by atoms with E-state index in [-0.39, 0.29) is 37.9 Å². The highest BCUT2D eigenvalue weighted by Crippen LogP contribution is 2.32. The van der Waals surface area contributed by atoms with Gasteiger partial charge in [-0.15, -0.1) is 0 Å². The van der Waals surface area contributed by atoms with Gasteiger partial charge in [-0.05, 0) is 56.2 Å². The van der Waals surface area contributed by atoms with E-state index in [2.05, 4.69) is 4.72 Å². The van der Waals surface area contributed by atoms with Gasteiger partial charge in [-0.25, -0.2) is 16.8 Å². The Kier molecular flexibility index (Phi) is 7.19.